The molecule has 1 aromatic carbocycles. The van der Waals surface area contributed by atoms with Crippen LogP contribution < -0.4 is 5.73 Å². The van der Waals surface area contributed by atoms with Gasteiger partial charge in [0.05, 0.1) is 11.3 Å². The van der Waals surface area contributed by atoms with E-state index in [1.54, 1.807) is 0 Å². The molecule has 1 rings (SSSR count). The maximum Gasteiger partial charge on any atom is 0.418 e. The second kappa shape index (κ2) is 6.76. The van der Waals surface area contributed by atoms with E-state index < -0.39 is 11.7 Å². The summed E-state index contributed by atoms with van der Waals surface area (Å²) in [7, 11) is 0. The molecule has 0 bridgehead atoms. The van der Waals surface area contributed by atoms with Gasteiger partial charge in [0.25, 0.3) is 0 Å². The van der Waals surface area contributed by atoms with E-state index in [0.29, 0.717) is 5.75 Å². The lowest BCUT2D eigenvalue weighted by molar-refractivity contribution is -0.137. The zero-order valence-corrected chi connectivity index (χ0v) is 10.6. The van der Waals surface area contributed by atoms with Gasteiger partial charge in [-0.05, 0) is 17.9 Å². The fourth-order valence-corrected chi connectivity index (χ4v) is 1.57. The van der Waals surface area contributed by atoms with Crippen LogP contribution in [0.15, 0.2) is 29.3 Å². The molecule has 0 radical (unpaired) electrons. The SMILES string of the molecule is CCSC(N)=Nc1ccccc1C(F)(F)F.Cl. The number of amidine groups is 1. The summed E-state index contributed by atoms with van der Waals surface area (Å²) in [6, 6.07) is 5.11. The highest BCUT2D eigenvalue weighted by Gasteiger charge is 2.33. The molecule has 0 aromatic heterocycles. The van der Waals surface area contributed by atoms with Crippen LogP contribution in [0.1, 0.15) is 12.5 Å². The Balaban J connectivity index is 0.00000256. The molecule has 0 aliphatic rings. The van der Waals surface area contributed by atoms with Crippen LogP contribution in [0.5, 0.6) is 0 Å². The van der Waals surface area contributed by atoms with Crippen molar-refractivity contribution in [1.82, 2.24) is 0 Å². The minimum absolute atomic E-state index is 0. The number of nitrogens with two attached hydrogens (primary N) is 1. The number of rotatable bonds is 2. The van der Waals surface area contributed by atoms with E-state index in [4.69, 9.17) is 5.73 Å². The summed E-state index contributed by atoms with van der Waals surface area (Å²) in [5.41, 5.74) is 4.56. The van der Waals surface area contributed by atoms with Gasteiger partial charge in [0.1, 0.15) is 0 Å². The van der Waals surface area contributed by atoms with Crippen LogP contribution in [-0.2, 0) is 6.18 Å². The third-order valence-electron chi connectivity index (χ3n) is 1.73. The van der Waals surface area contributed by atoms with Gasteiger partial charge in [0, 0.05) is 0 Å². The van der Waals surface area contributed by atoms with Gasteiger partial charge >= 0.3 is 6.18 Å². The molecule has 0 unspecified atom stereocenters. The van der Waals surface area contributed by atoms with Crippen LogP contribution in [0, 0.1) is 0 Å². The molecule has 0 atom stereocenters. The maximum absolute atomic E-state index is 12.6. The molecule has 1 aromatic rings. The second-order valence-electron chi connectivity index (χ2n) is 2.90. The van der Waals surface area contributed by atoms with Gasteiger partial charge in [-0.1, -0.05) is 30.8 Å². The normalized spacial score (nSPS) is 12.1. The Morgan fingerprint density at radius 2 is 1.94 bits per heavy atom. The molecular formula is C10H12ClF3N2S. The summed E-state index contributed by atoms with van der Waals surface area (Å²) in [4.78, 5) is 3.75. The molecule has 0 spiro atoms. The van der Waals surface area contributed by atoms with E-state index in [1.807, 2.05) is 6.92 Å². The number of thioether (sulfide) groups is 1. The number of nitrogens with zero attached hydrogens (tertiary/aromatic N) is 1. The Hall–Kier alpha value is -0.880. The van der Waals surface area contributed by atoms with Gasteiger partial charge < -0.3 is 5.73 Å². The molecular weight excluding hydrogens is 273 g/mol. The standard InChI is InChI=1S/C10H11F3N2S.ClH/c1-2-16-9(14)15-8-6-4-3-5-7(8)10(11,12)13;/h3-6H,2H2,1H3,(H2,14,15);1H. The first kappa shape index (κ1) is 16.1. The number of para-hydroxylation sites is 1. The smallest absolute Gasteiger partial charge is 0.378 e. The van der Waals surface area contributed by atoms with Crippen LogP contribution in [0.2, 0.25) is 0 Å². The quantitative estimate of drug-likeness (QED) is 0.662. The van der Waals surface area contributed by atoms with Crippen LogP contribution in [0.4, 0.5) is 18.9 Å². The van der Waals surface area contributed by atoms with Gasteiger partial charge in [0.15, 0.2) is 5.17 Å². The number of aliphatic imine (C=N–C) groups is 1. The number of halogens is 4. The van der Waals surface area contributed by atoms with Crippen molar-refractivity contribution in [3.63, 3.8) is 0 Å². The van der Waals surface area contributed by atoms with Gasteiger partial charge in [-0.2, -0.15) is 13.2 Å². The second-order valence-corrected chi connectivity index (χ2v) is 4.18. The zero-order chi connectivity index (χ0) is 12.2. The summed E-state index contributed by atoms with van der Waals surface area (Å²) in [6.45, 7) is 1.85. The van der Waals surface area contributed by atoms with E-state index in [9.17, 15) is 13.2 Å². The highest BCUT2D eigenvalue weighted by atomic mass is 35.5. The third-order valence-corrected chi connectivity index (χ3v) is 2.41. The fraction of sp³-hybridized carbons (Fsp3) is 0.300. The molecule has 0 fully saturated rings. The molecule has 0 saturated carbocycles. The topological polar surface area (TPSA) is 38.4 Å². The summed E-state index contributed by atoms with van der Waals surface area (Å²) < 4.78 is 37.7. The summed E-state index contributed by atoms with van der Waals surface area (Å²) in [5, 5.41) is 0.138. The van der Waals surface area contributed by atoms with Crippen molar-refractivity contribution >= 4 is 35.0 Å². The lowest BCUT2D eigenvalue weighted by Gasteiger charge is -2.09. The van der Waals surface area contributed by atoms with Crippen molar-refractivity contribution in [1.29, 1.82) is 0 Å². The minimum Gasteiger partial charge on any atom is -0.378 e. The largest absolute Gasteiger partial charge is 0.418 e. The average molecular weight is 285 g/mol. The van der Waals surface area contributed by atoms with Crippen LogP contribution in [0.25, 0.3) is 0 Å². The highest BCUT2D eigenvalue weighted by molar-refractivity contribution is 8.13. The zero-order valence-electron chi connectivity index (χ0n) is 8.99. The number of benzene rings is 1. The van der Waals surface area contributed by atoms with Crippen LogP contribution in [-0.4, -0.2) is 10.9 Å². The predicted octanol–water partition coefficient (Wildman–Crippen LogP) is 3.83. The van der Waals surface area contributed by atoms with Crippen LogP contribution >= 0.6 is 24.2 Å². The van der Waals surface area contributed by atoms with E-state index in [0.717, 1.165) is 6.07 Å². The molecule has 0 saturated heterocycles. The van der Waals surface area contributed by atoms with Crippen molar-refractivity contribution in [2.24, 2.45) is 10.7 Å². The van der Waals surface area contributed by atoms with Crippen molar-refractivity contribution in [3.8, 4) is 0 Å². The third kappa shape index (κ3) is 4.87. The Kier molecular flexibility index (Phi) is 6.41. The molecule has 17 heavy (non-hydrogen) atoms. The molecule has 0 heterocycles. The van der Waals surface area contributed by atoms with Gasteiger partial charge in [-0.3, -0.25) is 0 Å². The van der Waals surface area contributed by atoms with Gasteiger partial charge in [0.2, 0.25) is 0 Å². The number of alkyl halides is 3. The Morgan fingerprint density at radius 3 is 2.47 bits per heavy atom. The van der Waals surface area contributed by atoms with E-state index in [2.05, 4.69) is 4.99 Å². The predicted molar refractivity (Wildman–Crippen MR) is 68.1 cm³/mol. The minimum atomic E-state index is -4.41. The van der Waals surface area contributed by atoms with Crippen molar-refractivity contribution in [2.45, 2.75) is 13.1 Å². The van der Waals surface area contributed by atoms with Crippen molar-refractivity contribution in [3.05, 3.63) is 29.8 Å². The Labute approximate surface area is 108 Å². The van der Waals surface area contributed by atoms with E-state index >= 15 is 0 Å². The molecule has 96 valence electrons. The number of hydrogen-bond acceptors (Lipinski definition) is 2. The maximum atomic E-state index is 12.6. The average Bonchev–Trinajstić information content (AvgIpc) is 2.17. The van der Waals surface area contributed by atoms with Gasteiger partial charge in [-0.15, -0.1) is 12.4 Å². The van der Waals surface area contributed by atoms with Gasteiger partial charge in [-0.25, -0.2) is 4.99 Å². The molecule has 0 aliphatic heterocycles. The van der Waals surface area contributed by atoms with E-state index in [-0.39, 0.29) is 23.3 Å². The van der Waals surface area contributed by atoms with E-state index in [1.165, 1.54) is 30.0 Å². The first-order chi connectivity index (χ1) is 7.45. The number of hydrogen-bond donors (Lipinski definition) is 1. The Bertz CT molecular complexity index is 393. The lowest BCUT2D eigenvalue weighted by atomic mass is 10.2. The molecule has 0 amide bonds. The monoisotopic (exact) mass is 284 g/mol. The first-order valence-corrected chi connectivity index (χ1v) is 5.57. The lowest BCUT2D eigenvalue weighted by Crippen LogP contribution is -2.09. The summed E-state index contributed by atoms with van der Waals surface area (Å²) in [5.74, 6) is 0.670. The summed E-state index contributed by atoms with van der Waals surface area (Å²) in [6.07, 6.45) is -4.41. The Morgan fingerprint density at radius 1 is 1.35 bits per heavy atom. The van der Waals surface area contributed by atoms with Crippen molar-refractivity contribution < 1.29 is 13.2 Å². The van der Waals surface area contributed by atoms with Crippen molar-refractivity contribution in [2.75, 3.05) is 5.75 Å². The molecule has 2 nitrogen and oxygen atoms in total. The first-order valence-electron chi connectivity index (χ1n) is 4.58. The highest BCUT2D eigenvalue weighted by Crippen LogP contribution is 2.36. The van der Waals surface area contributed by atoms with Crippen LogP contribution in [0.3, 0.4) is 0 Å². The molecule has 0 aliphatic carbocycles. The summed E-state index contributed by atoms with van der Waals surface area (Å²) >= 11 is 1.21. The molecule has 7 heteroatoms. The fourth-order valence-electron chi connectivity index (χ4n) is 1.11. The molecule has 2 N–H and O–H groups in total.